The lowest BCUT2D eigenvalue weighted by Gasteiger charge is -2.31. The smallest absolute Gasteiger partial charge is 0.257 e. The first-order valence-electron chi connectivity index (χ1n) is 6.84. The molecule has 8 nitrogen and oxygen atoms in total. The van der Waals surface area contributed by atoms with Crippen molar-refractivity contribution in [3.8, 4) is 0 Å². The number of aryl methyl sites for hydroxylation is 3. The third-order valence-corrected chi connectivity index (χ3v) is 3.50. The Balaban J connectivity index is 1.77. The number of carbonyl (C=O) groups is 1. The Labute approximate surface area is 122 Å². The van der Waals surface area contributed by atoms with Crippen LogP contribution < -0.4 is 0 Å². The molecule has 3 heterocycles. The number of aromatic nitrogens is 5. The van der Waals surface area contributed by atoms with Crippen LogP contribution in [0, 0.1) is 13.8 Å². The second-order valence-corrected chi connectivity index (χ2v) is 5.19. The molecule has 0 spiro atoms. The third kappa shape index (κ3) is 2.66. The maximum atomic E-state index is 12.6. The van der Waals surface area contributed by atoms with Gasteiger partial charge in [0.25, 0.3) is 5.91 Å². The number of H-pyrrole nitrogens is 1. The van der Waals surface area contributed by atoms with Gasteiger partial charge in [-0.05, 0) is 13.8 Å². The standard InChI is InChI=1S/C13H18N6O2/c1-8-10(6-18(3)17-8)13(20)19-4-5-21-11(7-19)12-14-9(2)15-16-12/h6,11H,4-5,7H2,1-3H3,(H,14,15,16)/t11-/m1/s1. The predicted octanol–water partition coefficient (Wildman–Crippen LogP) is 0.369. The molecule has 0 radical (unpaired) electrons. The monoisotopic (exact) mass is 290 g/mol. The number of hydrogen-bond acceptors (Lipinski definition) is 5. The number of hydrogen-bond donors (Lipinski definition) is 1. The molecule has 1 amide bonds. The van der Waals surface area contributed by atoms with E-state index in [0.717, 1.165) is 11.5 Å². The summed E-state index contributed by atoms with van der Waals surface area (Å²) in [6, 6.07) is 0. The lowest BCUT2D eigenvalue weighted by Crippen LogP contribution is -2.42. The second-order valence-electron chi connectivity index (χ2n) is 5.19. The Morgan fingerprint density at radius 2 is 2.29 bits per heavy atom. The number of ether oxygens (including phenoxy) is 1. The Kier molecular flexibility index (Phi) is 3.46. The molecule has 21 heavy (non-hydrogen) atoms. The fourth-order valence-corrected chi connectivity index (χ4v) is 2.47. The molecule has 1 aliphatic rings. The Hall–Kier alpha value is -2.22. The van der Waals surface area contributed by atoms with Gasteiger partial charge in [0, 0.05) is 19.8 Å². The van der Waals surface area contributed by atoms with Crippen LogP contribution in [0.4, 0.5) is 0 Å². The van der Waals surface area contributed by atoms with Crippen molar-refractivity contribution in [2.75, 3.05) is 19.7 Å². The average Bonchev–Trinajstić information content (AvgIpc) is 3.04. The van der Waals surface area contributed by atoms with Crippen molar-refractivity contribution < 1.29 is 9.53 Å². The number of rotatable bonds is 2. The van der Waals surface area contributed by atoms with Crippen LogP contribution in [0.1, 0.15) is 33.8 Å². The van der Waals surface area contributed by atoms with Gasteiger partial charge in [-0.1, -0.05) is 0 Å². The van der Waals surface area contributed by atoms with Gasteiger partial charge in [0.05, 0.1) is 24.4 Å². The van der Waals surface area contributed by atoms with Crippen LogP contribution in [0.25, 0.3) is 0 Å². The van der Waals surface area contributed by atoms with Crippen molar-refractivity contribution >= 4 is 5.91 Å². The highest BCUT2D eigenvalue weighted by atomic mass is 16.5. The van der Waals surface area contributed by atoms with Crippen molar-refractivity contribution in [3.05, 3.63) is 29.1 Å². The van der Waals surface area contributed by atoms with Crippen molar-refractivity contribution in [1.29, 1.82) is 0 Å². The molecule has 1 fully saturated rings. The first-order valence-corrected chi connectivity index (χ1v) is 6.84. The zero-order chi connectivity index (χ0) is 15.0. The molecule has 2 aromatic heterocycles. The van der Waals surface area contributed by atoms with Gasteiger partial charge in [-0.25, -0.2) is 4.98 Å². The molecule has 0 unspecified atom stereocenters. The van der Waals surface area contributed by atoms with Crippen LogP contribution in [-0.2, 0) is 11.8 Å². The van der Waals surface area contributed by atoms with Crippen LogP contribution in [0.3, 0.4) is 0 Å². The summed E-state index contributed by atoms with van der Waals surface area (Å²) in [5.41, 5.74) is 1.36. The molecule has 1 aliphatic heterocycles. The summed E-state index contributed by atoms with van der Waals surface area (Å²) in [6.07, 6.45) is 1.46. The summed E-state index contributed by atoms with van der Waals surface area (Å²) < 4.78 is 7.32. The van der Waals surface area contributed by atoms with E-state index in [1.165, 1.54) is 0 Å². The molecule has 0 aromatic carbocycles. The minimum absolute atomic E-state index is 0.0267. The predicted molar refractivity (Wildman–Crippen MR) is 73.7 cm³/mol. The van der Waals surface area contributed by atoms with E-state index in [9.17, 15) is 4.79 Å². The van der Waals surface area contributed by atoms with Gasteiger partial charge in [-0.15, -0.1) is 0 Å². The van der Waals surface area contributed by atoms with Crippen LogP contribution in [-0.4, -0.2) is 55.5 Å². The highest BCUT2D eigenvalue weighted by Gasteiger charge is 2.29. The van der Waals surface area contributed by atoms with E-state index in [2.05, 4.69) is 20.3 Å². The van der Waals surface area contributed by atoms with E-state index in [4.69, 9.17) is 4.74 Å². The molecular weight excluding hydrogens is 272 g/mol. The summed E-state index contributed by atoms with van der Waals surface area (Å²) in [4.78, 5) is 18.6. The Morgan fingerprint density at radius 1 is 1.48 bits per heavy atom. The zero-order valence-corrected chi connectivity index (χ0v) is 12.3. The lowest BCUT2D eigenvalue weighted by atomic mass is 10.2. The third-order valence-electron chi connectivity index (χ3n) is 3.50. The quantitative estimate of drug-likeness (QED) is 0.863. The highest BCUT2D eigenvalue weighted by molar-refractivity contribution is 5.95. The topological polar surface area (TPSA) is 88.9 Å². The van der Waals surface area contributed by atoms with E-state index in [1.54, 1.807) is 15.8 Å². The molecule has 3 rings (SSSR count). The first kappa shape index (κ1) is 13.7. The summed E-state index contributed by atoms with van der Waals surface area (Å²) >= 11 is 0. The van der Waals surface area contributed by atoms with E-state index < -0.39 is 0 Å². The largest absolute Gasteiger partial charge is 0.366 e. The van der Waals surface area contributed by atoms with Gasteiger partial charge in [0.1, 0.15) is 11.9 Å². The maximum absolute atomic E-state index is 12.6. The fourth-order valence-electron chi connectivity index (χ4n) is 2.47. The van der Waals surface area contributed by atoms with Crippen LogP contribution >= 0.6 is 0 Å². The molecule has 0 aliphatic carbocycles. The summed E-state index contributed by atoms with van der Waals surface area (Å²) in [5, 5.41) is 11.1. The van der Waals surface area contributed by atoms with Gasteiger partial charge in [-0.3, -0.25) is 14.6 Å². The van der Waals surface area contributed by atoms with Crippen molar-refractivity contribution in [1.82, 2.24) is 29.9 Å². The number of carbonyl (C=O) groups excluding carboxylic acids is 1. The summed E-state index contributed by atoms with van der Waals surface area (Å²) in [6.45, 7) is 5.16. The Morgan fingerprint density at radius 3 is 2.90 bits per heavy atom. The molecular formula is C13H18N6O2. The van der Waals surface area contributed by atoms with Crippen LogP contribution in [0.2, 0.25) is 0 Å². The van der Waals surface area contributed by atoms with Gasteiger partial charge in [0.2, 0.25) is 0 Å². The van der Waals surface area contributed by atoms with E-state index in [-0.39, 0.29) is 12.0 Å². The van der Waals surface area contributed by atoms with Gasteiger partial charge < -0.3 is 9.64 Å². The average molecular weight is 290 g/mol. The molecule has 1 N–H and O–H groups in total. The fraction of sp³-hybridized carbons (Fsp3) is 0.538. The van der Waals surface area contributed by atoms with Gasteiger partial charge >= 0.3 is 0 Å². The zero-order valence-electron chi connectivity index (χ0n) is 12.3. The molecule has 1 saturated heterocycles. The molecule has 2 aromatic rings. The minimum atomic E-state index is -0.287. The van der Waals surface area contributed by atoms with E-state index in [1.807, 2.05) is 20.9 Å². The normalized spacial score (nSPS) is 19.0. The molecule has 8 heteroatoms. The maximum Gasteiger partial charge on any atom is 0.257 e. The molecule has 1 atom stereocenters. The van der Waals surface area contributed by atoms with Crippen molar-refractivity contribution in [3.63, 3.8) is 0 Å². The number of morpholine rings is 1. The van der Waals surface area contributed by atoms with Crippen molar-refractivity contribution in [2.45, 2.75) is 20.0 Å². The van der Waals surface area contributed by atoms with Crippen molar-refractivity contribution in [2.24, 2.45) is 7.05 Å². The first-order chi connectivity index (χ1) is 10.0. The number of aromatic amines is 1. The number of nitrogens with zero attached hydrogens (tertiary/aromatic N) is 5. The number of amides is 1. The molecule has 0 bridgehead atoms. The van der Waals surface area contributed by atoms with Crippen LogP contribution in [0.5, 0.6) is 0 Å². The minimum Gasteiger partial charge on any atom is -0.366 e. The highest BCUT2D eigenvalue weighted by Crippen LogP contribution is 2.21. The lowest BCUT2D eigenvalue weighted by molar-refractivity contribution is -0.0267. The number of nitrogens with one attached hydrogen (secondary N) is 1. The second kappa shape index (κ2) is 5.28. The summed E-state index contributed by atoms with van der Waals surface area (Å²) in [5.74, 6) is 1.30. The van der Waals surface area contributed by atoms with Gasteiger partial charge in [-0.2, -0.15) is 10.2 Å². The van der Waals surface area contributed by atoms with E-state index in [0.29, 0.717) is 31.1 Å². The SMILES string of the molecule is Cc1nc([C@H]2CN(C(=O)c3cn(C)nc3C)CCO2)n[nH]1. The van der Waals surface area contributed by atoms with E-state index >= 15 is 0 Å². The Bertz CT molecular complexity index is 661. The molecule has 112 valence electrons. The summed E-state index contributed by atoms with van der Waals surface area (Å²) in [7, 11) is 1.81. The van der Waals surface area contributed by atoms with Crippen LogP contribution in [0.15, 0.2) is 6.20 Å². The van der Waals surface area contributed by atoms with Gasteiger partial charge in [0.15, 0.2) is 5.82 Å². The molecule has 0 saturated carbocycles.